The van der Waals surface area contributed by atoms with E-state index < -0.39 is 17.6 Å². The molecule has 0 atom stereocenters. The Bertz CT molecular complexity index is 739. The quantitative estimate of drug-likeness (QED) is 0.696. The molecule has 0 aliphatic rings. The van der Waals surface area contributed by atoms with Crippen LogP contribution >= 0.6 is 0 Å². The number of esters is 1. The number of halogens is 2. The van der Waals surface area contributed by atoms with Gasteiger partial charge in [0.05, 0.1) is 17.2 Å². The van der Waals surface area contributed by atoms with Gasteiger partial charge < -0.3 is 10.5 Å². The second-order valence-electron chi connectivity index (χ2n) is 4.23. The molecule has 0 heterocycles. The first-order chi connectivity index (χ1) is 10.0. The summed E-state index contributed by atoms with van der Waals surface area (Å²) >= 11 is 0. The zero-order valence-corrected chi connectivity index (χ0v) is 10.8. The minimum atomic E-state index is -0.916. The van der Waals surface area contributed by atoms with E-state index in [1.165, 1.54) is 18.2 Å². The molecule has 0 aliphatic carbocycles. The minimum Gasteiger partial charge on any atom is -0.457 e. The summed E-state index contributed by atoms with van der Waals surface area (Å²) in [6.45, 7) is -0.330. The largest absolute Gasteiger partial charge is 0.457 e. The third-order valence-corrected chi connectivity index (χ3v) is 2.76. The number of nitrogens with zero attached hydrogens (tertiary/aromatic N) is 1. The Balaban J connectivity index is 2.15. The average molecular weight is 288 g/mol. The molecule has 2 rings (SSSR count). The van der Waals surface area contributed by atoms with Gasteiger partial charge in [-0.2, -0.15) is 5.26 Å². The van der Waals surface area contributed by atoms with E-state index in [1.807, 2.05) is 6.07 Å². The third kappa shape index (κ3) is 3.34. The van der Waals surface area contributed by atoms with Crippen LogP contribution in [-0.4, -0.2) is 5.97 Å². The first-order valence-electron chi connectivity index (χ1n) is 5.92. The van der Waals surface area contributed by atoms with Crippen molar-refractivity contribution in [3.8, 4) is 6.07 Å². The fraction of sp³-hybridized carbons (Fsp3) is 0.0667. The number of hydrogen-bond acceptors (Lipinski definition) is 4. The number of anilines is 1. The molecule has 0 amide bonds. The van der Waals surface area contributed by atoms with Crippen LogP contribution in [0, 0.1) is 23.0 Å². The van der Waals surface area contributed by atoms with Gasteiger partial charge in [0.25, 0.3) is 0 Å². The maximum atomic E-state index is 13.5. The highest BCUT2D eigenvalue weighted by molar-refractivity contribution is 5.90. The first kappa shape index (κ1) is 14.5. The lowest BCUT2D eigenvalue weighted by molar-refractivity contribution is 0.0466. The van der Waals surface area contributed by atoms with Gasteiger partial charge in [-0.1, -0.05) is 0 Å². The van der Waals surface area contributed by atoms with Crippen molar-refractivity contribution in [1.82, 2.24) is 0 Å². The van der Waals surface area contributed by atoms with Crippen molar-refractivity contribution in [2.75, 3.05) is 5.73 Å². The zero-order chi connectivity index (χ0) is 15.4. The molecule has 0 radical (unpaired) electrons. The van der Waals surface area contributed by atoms with Crippen molar-refractivity contribution in [2.24, 2.45) is 0 Å². The number of benzene rings is 2. The molecule has 0 fully saturated rings. The molecule has 4 nitrogen and oxygen atoms in total. The normalized spacial score (nSPS) is 9.95. The number of carbonyl (C=O) groups excluding carboxylic acids is 1. The Labute approximate surface area is 119 Å². The Hall–Kier alpha value is -2.94. The number of rotatable bonds is 3. The Morgan fingerprint density at radius 2 is 2.00 bits per heavy atom. The van der Waals surface area contributed by atoms with Crippen LogP contribution in [0.4, 0.5) is 14.5 Å². The Morgan fingerprint density at radius 1 is 1.24 bits per heavy atom. The van der Waals surface area contributed by atoms with Gasteiger partial charge in [0, 0.05) is 11.3 Å². The smallest absolute Gasteiger partial charge is 0.341 e. The molecule has 6 heteroatoms. The summed E-state index contributed by atoms with van der Waals surface area (Å²) in [7, 11) is 0. The van der Waals surface area contributed by atoms with E-state index >= 15 is 0 Å². The van der Waals surface area contributed by atoms with E-state index in [0.717, 1.165) is 18.2 Å². The molecule has 2 aromatic carbocycles. The summed E-state index contributed by atoms with van der Waals surface area (Å²) in [5.74, 6) is -2.28. The molecule has 0 aliphatic heterocycles. The van der Waals surface area contributed by atoms with Crippen LogP contribution < -0.4 is 5.73 Å². The van der Waals surface area contributed by atoms with Crippen molar-refractivity contribution in [2.45, 2.75) is 6.61 Å². The number of nitrogens with two attached hydrogens (primary N) is 1. The van der Waals surface area contributed by atoms with Gasteiger partial charge in [0.15, 0.2) is 0 Å². The van der Waals surface area contributed by atoms with Crippen LogP contribution in [0.1, 0.15) is 21.5 Å². The van der Waals surface area contributed by atoms with Crippen LogP contribution in [0.25, 0.3) is 0 Å². The van der Waals surface area contributed by atoms with Crippen molar-refractivity contribution in [3.05, 3.63) is 64.7 Å². The molecule has 0 saturated heterocycles. The van der Waals surface area contributed by atoms with Gasteiger partial charge in [-0.25, -0.2) is 13.6 Å². The predicted molar refractivity (Wildman–Crippen MR) is 71.0 cm³/mol. The predicted octanol–water partition coefficient (Wildman–Crippen LogP) is 2.78. The Kier molecular flexibility index (Phi) is 4.14. The molecule has 106 valence electrons. The highest BCUT2D eigenvalue weighted by Crippen LogP contribution is 2.16. The number of carbonyl (C=O) groups is 1. The van der Waals surface area contributed by atoms with E-state index in [4.69, 9.17) is 15.7 Å². The molecule has 0 aromatic heterocycles. The van der Waals surface area contributed by atoms with Gasteiger partial charge in [-0.3, -0.25) is 0 Å². The fourth-order valence-electron chi connectivity index (χ4n) is 1.71. The van der Waals surface area contributed by atoms with Crippen LogP contribution in [0.2, 0.25) is 0 Å². The first-order valence-corrected chi connectivity index (χ1v) is 5.92. The molecule has 0 spiro atoms. The van der Waals surface area contributed by atoms with Crippen LogP contribution in [0.5, 0.6) is 0 Å². The summed E-state index contributed by atoms with van der Waals surface area (Å²) in [6, 6.07) is 8.91. The maximum Gasteiger partial charge on any atom is 0.341 e. The fourth-order valence-corrected chi connectivity index (χ4v) is 1.71. The van der Waals surface area contributed by atoms with Gasteiger partial charge in [0.1, 0.15) is 18.2 Å². The van der Waals surface area contributed by atoms with Crippen molar-refractivity contribution in [1.29, 1.82) is 5.26 Å². The van der Waals surface area contributed by atoms with Gasteiger partial charge in [0.2, 0.25) is 0 Å². The summed E-state index contributed by atoms with van der Waals surface area (Å²) in [5, 5.41) is 8.88. The van der Waals surface area contributed by atoms with Gasteiger partial charge >= 0.3 is 5.97 Å². The van der Waals surface area contributed by atoms with Crippen molar-refractivity contribution < 1.29 is 18.3 Å². The average Bonchev–Trinajstić information content (AvgIpc) is 2.45. The maximum absolute atomic E-state index is 13.5. The highest BCUT2D eigenvalue weighted by Gasteiger charge is 2.14. The van der Waals surface area contributed by atoms with E-state index in [0.29, 0.717) is 0 Å². The van der Waals surface area contributed by atoms with E-state index in [1.54, 1.807) is 0 Å². The third-order valence-electron chi connectivity index (χ3n) is 2.76. The zero-order valence-electron chi connectivity index (χ0n) is 10.8. The molecule has 2 N–H and O–H groups in total. The van der Waals surface area contributed by atoms with Gasteiger partial charge in [-0.15, -0.1) is 0 Å². The molecular formula is C15H10F2N2O2. The molecule has 2 aromatic rings. The Morgan fingerprint density at radius 3 is 2.67 bits per heavy atom. The SMILES string of the molecule is N#Cc1ccc(F)cc1COC(=O)c1ccc(N)cc1F. The number of nitrogen functional groups attached to an aromatic ring is 1. The van der Waals surface area contributed by atoms with Crippen molar-refractivity contribution in [3.63, 3.8) is 0 Å². The summed E-state index contributed by atoms with van der Waals surface area (Å²) in [6.07, 6.45) is 0. The van der Waals surface area contributed by atoms with Gasteiger partial charge in [-0.05, 0) is 36.4 Å². The van der Waals surface area contributed by atoms with E-state index in [2.05, 4.69) is 0 Å². The van der Waals surface area contributed by atoms with Crippen molar-refractivity contribution >= 4 is 11.7 Å². The molecule has 0 unspecified atom stereocenters. The highest BCUT2D eigenvalue weighted by atomic mass is 19.1. The number of nitriles is 1. The van der Waals surface area contributed by atoms with Crippen LogP contribution in [0.15, 0.2) is 36.4 Å². The second kappa shape index (κ2) is 6.01. The lowest BCUT2D eigenvalue weighted by Gasteiger charge is -2.07. The summed E-state index contributed by atoms with van der Waals surface area (Å²) in [5.41, 5.74) is 5.67. The van der Waals surface area contributed by atoms with Crippen LogP contribution in [0.3, 0.4) is 0 Å². The number of hydrogen-bond donors (Lipinski definition) is 1. The number of ether oxygens (including phenoxy) is 1. The summed E-state index contributed by atoms with van der Waals surface area (Å²) in [4.78, 5) is 11.8. The topological polar surface area (TPSA) is 76.1 Å². The van der Waals surface area contributed by atoms with E-state index in [-0.39, 0.29) is 29.0 Å². The standard InChI is InChI=1S/C15H10F2N2O2/c16-11-2-1-9(7-18)10(5-11)8-21-15(20)13-4-3-12(19)6-14(13)17/h1-6H,8,19H2. The molecule has 0 bridgehead atoms. The van der Waals surface area contributed by atoms with Crippen LogP contribution in [-0.2, 0) is 11.3 Å². The monoisotopic (exact) mass is 288 g/mol. The minimum absolute atomic E-state index is 0.181. The lowest BCUT2D eigenvalue weighted by atomic mass is 10.1. The summed E-state index contributed by atoms with van der Waals surface area (Å²) < 4.78 is 31.6. The molecule has 0 saturated carbocycles. The molecular weight excluding hydrogens is 278 g/mol. The second-order valence-corrected chi connectivity index (χ2v) is 4.23. The molecule has 21 heavy (non-hydrogen) atoms. The lowest BCUT2D eigenvalue weighted by Crippen LogP contribution is -2.09. The van der Waals surface area contributed by atoms with E-state index in [9.17, 15) is 13.6 Å².